The van der Waals surface area contributed by atoms with Gasteiger partial charge in [-0.2, -0.15) is 0 Å². The number of aromatic nitrogens is 1. The van der Waals surface area contributed by atoms with Gasteiger partial charge in [-0.05, 0) is 55.4 Å². The van der Waals surface area contributed by atoms with Crippen LogP contribution in [0.15, 0.2) is 30.6 Å². The molecule has 0 aliphatic heterocycles. The van der Waals surface area contributed by atoms with E-state index in [-0.39, 0.29) is 5.91 Å². The molecule has 0 aromatic carbocycles. The van der Waals surface area contributed by atoms with Crippen LogP contribution >= 0.6 is 11.3 Å². The number of nitrogens with one attached hydrogen (secondary N) is 2. The van der Waals surface area contributed by atoms with Crippen molar-refractivity contribution in [2.24, 2.45) is 5.92 Å². The van der Waals surface area contributed by atoms with Gasteiger partial charge >= 0.3 is 0 Å². The second-order valence-electron chi connectivity index (χ2n) is 6.18. The molecule has 2 aromatic heterocycles. The zero-order valence-corrected chi connectivity index (χ0v) is 14.3. The fourth-order valence-corrected chi connectivity index (χ4v) is 4.02. The standard InChI is InChI=1S/C18H23N3OS/c1-13-5-6-16-14(10-13)11-17(23-16)18(22)21-9-3-8-20-15-4-2-7-19-12-15/h2,4,7,11-13,20H,3,5-6,8-10H2,1H3,(H,21,22). The van der Waals surface area contributed by atoms with Gasteiger partial charge in [0.1, 0.15) is 0 Å². The number of nitrogens with zero attached hydrogens (tertiary/aromatic N) is 1. The summed E-state index contributed by atoms with van der Waals surface area (Å²) < 4.78 is 0. The lowest BCUT2D eigenvalue weighted by Gasteiger charge is -2.16. The third-order valence-corrected chi connectivity index (χ3v) is 5.42. The van der Waals surface area contributed by atoms with Crippen molar-refractivity contribution in [3.8, 4) is 0 Å². The summed E-state index contributed by atoms with van der Waals surface area (Å²) in [6, 6.07) is 5.99. The summed E-state index contributed by atoms with van der Waals surface area (Å²) in [5.74, 6) is 0.810. The lowest BCUT2D eigenvalue weighted by atomic mass is 9.90. The zero-order valence-electron chi connectivity index (χ0n) is 13.5. The van der Waals surface area contributed by atoms with Gasteiger partial charge in [0, 0.05) is 30.4 Å². The third-order valence-electron chi connectivity index (χ3n) is 4.18. The van der Waals surface area contributed by atoms with E-state index in [2.05, 4.69) is 28.6 Å². The number of pyridine rings is 1. The van der Waals surface area contributed by atoms with Crippen LogP contribution in [-0.4, -0.2) is 24.0 Å². The first-order valence-corrected chi connectivity index (χ1v) is 9.07. The predicted molar refractivity (Wildman–Crippen MR) is 95.2 cm³/mol. The second-order valence-corrected chi connectivity index (χ2v) is 7.32. The highest BCUT2D eigenvalue weighted by Crippen LogP contribution is 2.32. The van der Waals surface area contributed by atoms with E-state index in [9.17, 15) is 4.79 Å². The summed E-state index contributed by atoms with van der Waals surface area (Å²) in [6.45, 7) is 3.80. The highest BCUT2D eigenvalue weighted by molar-refractivity contribution is 7.14. The van der Waals surface area contributed by atoms with Crippen molar-refractivity contribution in [1.29, 1.82) is 0 Å². The van der Waals surface area contributed by atoms with E-state index < -0.39 is 0 Å². The van der Waals surface area contributed by atoms with Gasteiger partial charge in [0.15, 0.2) is 0 Å². The molecule has 0 radical (unpaired) electrons. The number of fused-ring (bicyclic) bond motifs is 1. The van der Waals surface area contributed by atoms with Gasteiger partial charge in [-0.1, -0.05) is 6.92 Å². The van der Waals surface area contributed by atoms with E-state index in [0.29, 0.717) is 6.54 Å². The van der Waals surface area contributed by atoms with Crippen molar-refractivity contribution in [3.63, 3.8) is 0 Å². The fraction of sp³-hybridized carbons (Fsp3) is 0.444. The van der Waals surface area contributed by atoms with E-state index in [0.717, 1.165) is 42.3 Å². The van der Waals surface area contributed by atoms with Crippen LogP contribution in [0.5, 0.6) is 0 Å². The average Bonchev–Trinajstić information content (AvgIpc) is 2.98. The Morgan fingerprint density at radius 2 is 2.35 bits per heavy atom. The molecule has 1 amide bonds. The maximum absolute atomic E-state index is 12.2. The van der Waals surface area contributed by atoms with Gasteiger partial charge in [-0.15, -0.1) is 11.3 Å². The number of thiophene rings is 1. The number of rotatable bonds is 6. The molecule has 2 N–H and O–H groups in total. The van der Waals surface area contributed by atoms with Crippen molar-refractivity contribution in [2.75, 3.05) is 18.4 Å². The minimum absolute atomic E-state index is 0.0680. The second kappa shape index (κ2) is 7.59. The monoisotopic (exact) mass is 329 g/mol. The Morgan fingerprint density at radius 1 is 1.43 bits per heavy atom. The summed E-state index contributed by atoms with van der Waals surface area (Å²) in [7, 11) is 0. The quantitative estimate of drug-likeness (QED) is 0.798. The summed E-state index contributed by atoms with van der Waals surface area (Å²) in [5.41, 5.74) is 2.40. The Kier molecular flexibility index (Phi) is 5.28. The first kappa shape index (κ1) is 16.0. The van der Waals surface area contributed by atoms with Gasteiger partial charge in [-0.25, -0.2) is 0 Å². The van der Waals surface area contributed by atoms with Crippen molar-refractivity contribution >= 4 is 22.9 Å². The van der Waals surface area contributed by atoms with Gasteiger partial charge in [0.05, 0.1) is 10.6 Å². The van der Waals surface area contributed by atoms with Crippen LogP contribution in [0.1, 0.15) is 39.9 Å². The Morgan fingerprint density at radius 3 is 3.17 bits per heavy atom. The number of anilines is 1. The molecule has 0 fully saturated rings. The van der Waals surface area contributed by atoms with E-state index in [1.807, 2.05) is 12.1 Å². The molecule has 0 spiro atoms. The summed E-state index contributed by atoms with van der Waals surface area (Å²) >= 11 is 1.67. The minimum atomic E-state index is 0.0680. The van der Waals surface area contributed by atoms with Gasteiger partial charge in [0.25, 0.3) is 5.91 Å². The summed E-state index contributed by atoms with van der Waals surface area (Å²) in [4.78, 5) is 18.6. The van der Waals surface area contributed by atoms with Crippen LogP contribution in [0.2, 0.25) is 0 Å². The fourth-order valence-electron chi connectivity index (χ4n) is 2.90. The molecule has 1 unspecified atom stereocenters. The van der Waals surface area contributed by atoms with E-state index in [4.69, 9.17) is 0 Å². The molecule has 0 saturated heterocycles. The SMILES string of the molecule is CC1CCc2sc(C(=O)NCCCNc3cccnc3)cc2C1. The Hall–Kier alpha value is -1.88. The zero-order chi connectivity index (χ0) is 16.1. The Balaban J connectivity index is 1.41. The normalized spacial score (nSPS) is 16.7. The van der Waals surface area contributed by atoms with Crippen LogP contribution in [-0.2, 0) is 12.8 Å². The average molecular weight is 329 g/mol. The summed E-state index contributed by atoms with van der Waals surface area (Å²) in [6.07, 6.45) is 7.94. The van der Waals surface area contributed by atoms with Crippen LogP contribution < -0.4 is 10.6 Å². The Bertz CT molecular complexity index is 654. The molecular formula is C18H23N3OS. The highest BCUT2D eigenvalue weighted by Gasteiger charge is 2.20. The molecule has 0 bridgehead atoms. The van der Waals surface area contributed by atoms with E-state index in [1.54, 1.807) is 23.7 Å². The molecular weight excluding hydrogens is 306 g/mol. The molecule has 122 valence electrons. The number of carbonyl (C=O) groups is 1. The van der Waals surface area contributed by atoms with Gasteiger partial charge in [0.2, 0.25) is 0 Å². The summed E-state index contributed by atoms with van der Waals surface area (Å²) in [5, 5.41) is 6.31. The predicted octanol–water partition coefficient (Wildman–Crippen LogP) is 3.50. The molecule has 3 rings (SSSR count). The van der Waals surface area contributed by atoms with Crippen molar-refractivity contribution in [2.45, 2.75) is 32.6 Å². The molecule has 23 heavy (non-hydrogen) atoms. The molecule has 1 atom stereocenters. The number of hydrogen-bond acceptors (Lipinski definition) is 4. The smallest absolute Gasteiger partial charge is 0.261 e. The molecule has 1 aliphatic rings. The first-order chi connectivity index (χ1) is 11.2. The van der Waals surface area contributed by atoms with E-state index in [1.165, 1.54) is 16.9 Å². The van der Waals surface area contributed by atoms with Crippen LogP contribution in [0, 0.1) is 5.92 Å². The molecule has 2 heterocycles. The van der Waals surface area contributed by atoms with Crippen molar-refractivity contribution in [3.05, 3.63) is 45.9 Å². The van der Waals surface area contributed by atoms with Crippen molar-refractivity contribution < 1.29 is 4.79 Å². The minimum Gasteiger partial charge on any atom is -0.384 e. The van der Waals surface area contributed by atoms with Crippen LogP contribution in [0.25, 0.3) is 0 Å². The van der Waals surface area contributed by atoms with E-state index >= 15 is 0 Å². The number of carbonyl (C=O) groups excluding carboxylic acids is 1. The Labute approximate surface area is 141 Å². The molecule has 4 nitrogen and oxygen atoms in total. The maximum atomic E-state index is 12.2. The third kappa shape index (κ3) is 4.32. The lowest BCUT2D eigenvalue weighted by molar-refractivity contribution is 0.0957. The number of amides is 1. The highest BCUT2D eigenvalue weighted by atomic mass is 32.1. The maximum Gasteiger partial charge on any atom is 0.261 e. The molecule has 5 heteroatoms. The molecule has 0 saturated carbocycles. The number of aryl methyl sites for hydroxylation is 1. The van der Waals surface area contributed by atoms with Gasteiger partial charge in [-0.3, -0.25) is 9.78 Å². The van der Waals surface area contributed by atoms with Gasteiger partial charge < -0.3 is 10.6 Å². The topological polar surface area (TPSA) is 54.0 Å². The van der Waals surface area contributed by atoms with Crippen LogP contribution in [0.3, 0.4) is 0 Å². The lowest BCUT2D eigenvalue weighted by Crippen LogP contribution is -2.25. The van der Waals surface area contributed by atoms with Crippen molar-refractivity contribution in [1.82, 2.24) is 10.3 Å². The first-order valence-electron chi connectivity index (χ1n) is 8.26. The largest absolute Gasteiger partial charge is 0.384 e. The molecule has 1 aliphatic carbocycles. The van der Waals surface area contributed by atoms with Crippen LogP contribution in [0.4, 0.5) is 5.69 Å². The number of hydrogen-bond donors (Lipinski definition) is 2. The molecule has 2 aromatic rings.